The van der Waals surface area contributed by atoms with Crippen LogP contribution >= 0.6 is 0 Å². The number of benzene rings is 2. The lowest BCUT2D eigenvalue weighted by Crippen LogP contribution is -2.45. The van der Waals surface area contributed by atoms with E-state index in [1.54, 1.807) is 24.3 Å². The first-order valence-corrected chi connectivity index (χ1v) is 10.9. The van der Waals surface area contributed by atoms with Gasteiger partial charge in [-0.25, -0.2) is 12.8 Å². The van der Waals surface area contributed by atoms with E-state index in [4.69, 9.17) is 0 Å². The van der Waals surface area contributed by atoms with Crippen LogP contribution in [-0.4, -0.2) is 39.1 Å². The van der Waals surface area contributed by atoms with Crippen LogP contribution in [0.4, 0.5) is 15.8 Å². The zero-order chi connectivity index (χ0) is 21.6. The molecule has 9 heteroatoms. The Balaban J connectivity index is 2.31. The molecule has 0 fully saturated rings. The normalized spacial score (nSPS) is 12.1. The highest BCUT2D eigenvalue weighted by Gasteiger charge is 2.30. The third-order valence-corrected chi connectivity index (χ3v) is 5.36. The number of carbonyl (C=O) groups excluding carboxylic acids is 2. The standard InChI is InChI=1S/C20H24FN3O4S/c1-4-12-22-20(26)17-10-5-6-11-18(17)23-19(25)14(2)24(29(3,27)28)16-9-7-8-15(21)13-16/h5-11,13-14H,4,12H2,1-3H3,(H,22,26)(H,23,25)/t14-/m0/s1. The van der Waals surface area contributed by atoms with Crippen molar-refractivity contribution in [3.63, 3.8) is 0 Å². The number of rotatable bonds is 8. The summed E-state index contributed by atoms with van der Waals surface area (Å²) in [6.45, 7) is 3.79. The predicted octanol–water partition coefficient (Wildman–Crippen LogP) is 2.76. The quantitative estimate of drug-likeness (QED) is 0.685. The van der Waals surface area contributed by atoms with Crippen LogP contribution < -0.4 is 14.9 Å². The monoisotopic (exact) mass is 421 g/mol. The highest BCUT2D eigenvalue weighted by Crippen LogP contribution is 2.23. The summed E-state index contributed by atoms with van der Waals surface area (Å²) in [4.78, 5) is 25.1. The van der Waals surface area contributed by atoms with E-state index >= 15 is 0 Å². The molecule has 156 valence electrons. The Kier molecular flexibility index (Phi) is 7.33. The van der Waals surface area contributed by atoms with Crippen LogP contribution in [0.25, 0.3) is 0 Å². The summed E-state index contributed by atoms with van der Waals surface area (Å²) in [7, 11) is -3.88. The topological polar surface area (TPSA) is 95.6 Å². The lowest BCUT2D eigenvalue weighted by molar-refractivity contribution is -0.116. The highest BCUT2D eigenvalue weighted by atomic mass is 32.2. The van der Waals surface area contributed by atoms with Crippen molar-refractivity contribution in [2.75, 3.05) is 22.4 Å². The van der Waals surface area contributed by atoms with E-state index in [0.29, 0.717) is 6.54 Å². The molecule has 2 aromatic rings. The Morgan fingerprint density at radius 3 is 2.45 bits per heavy atom. The maximum Gasteiger partial charge on any atom is 0.253 e. The van der Waals surface area contributed by atoms with Gasteiger partial charge in [0.05, 0.1) is 23.2 Å². The van der Waals surface area contributed by atoms with Crippen molar-refractivity contribution in [2.24, 2.45) is 0 Å². The van der Waals surface area contributed by atoms with Crippen molar-refractivity contribution < 1.29 is 22.4 Å². The van der Waals surface area contributed by atoms with Crippen LogP contribution in [0.5, 0.6) is 0 Å². The molecular formula is C20H24FN3O4S. The molecule has 0 aliphatic carbocycles. The Labute approximate surface area is 170 Å². The maximum absolute atomic E-state index is 13.6. The summed E-state index contributed by atoms with van der Waals surface area (Å²) >= 11 is 0. The molecule has 2 rings (SSSR count). The van der Waals surface area contributed by atoms with E-state index in [9.17, 15) is 22.4 Å². The fraction of sp³-hybridized carbons (Fsp3) is 0.300. The minimum Gasteiger partial charge on any atom is -0.352 e. The number of para-hydroxylation sites is 1. The van der Waals surface area contributed by atoms with E-state index in [1.807, 2.05) is 6.92 Å². The number of hydrogen-bond donors (Lipinski definition) is 2. The molecule has 7 nitrogen and oxygen atoms in total. The van der Waals surface area contributed by atoms with E-state index in [0.717, 1.165) is 23.0 Å². The fourth-order valence-corrected chi connectivity index (χ4v) is 3.95. The molecule has 2 amide bonds. The Morgan fingerprint density at radius 2 is 1.83 bits per heavy atom. The molecule has 2 aromatic carbocycles. The van der Waals surface area contributed by atoms with Crippen molar-refractivity contribution in [1.82, 2.24) is 5.32 Å². The molecule has 0 heterocycles. The molecule has 1 atom stereocenters. The lowest BCUT2D eigenvalue weighted by atomic mass is 10.1. The first-order valence-electron chi connectivity index (χ1n) is 9.08. The Morgan fingerprint density at radius 1 is 1.14 bits per heavy atom. The van der Waals surface area contributed by atoms with Gasteiger partial charge in [0.15, 0.2) is 0 Å². The molecule has 2 N–H and O–H groups in total. The summed E-state index contributed by atoms with van der Waals surface area (Å²) in [5.41, 5.74) is 0.549. The number of nitrogens with one attached hydrogen (secondary N) is 2. The number of anilines is 2. The number of carbonyl (C=O) groups is 2. The molecule has 0 bridgehead atoms. The average Bonchev–Trinajstić information content (AvgIpc) is 2.65. The molecule has 0 saturated carbocycles. The fourth-order valence-electron chi connectivity index (χ4n) is 2.78. The number of halogens is 1. The van der Waals surface area contributed by atoms with Gasteiger partial charge in [-0.15, -0.1) is 0 Å². The van der Waals surface area contributed by atoms with Crippen molar-refractivity contribution in [1.29, 1.82) is 0 Å². The van der Waals surface area contributed by atoms with E-state index in [2.05, 4.69) is 10.6 Å². The van der Waals surface area contributed by atoms with Gasteiger partial charge in [-0.2, -0.15) is 0 Å². The maximum atomic E-state index is 13.6. The molecule has 0 aromatic heterocycles. The second kappa shape index (κ2) is 9.51. The van der Waals surface area contributed by atoms with Gasteiger partial charge in [-0.3, -0.25) is 13.9 Å². The summed E-state index contributed by atoms with van der Waals surface area (Å²) < 4.78 is 39.0. The third kappa shape index (κ3) is 5.77. The smallest absolute Gasteiger partial charge is 0.253 e. The minimum absolute atomic E-state index is 0.0316. The second-order valence-corrected chi connectivity index (χ2v) is 8.36. The summed E-state index contributed by atoms with van der Waals surface area (Å²) in [5, 5.41) is 5.34. The largest absolute Gasteiger partial charge is 0.352 e. The van der Waals surface area contributed by atoms with Crippen molar-refractivity contribution in [3.05, 3.63) is 59.9 Å². The third-order valence-electron chi connectivity index (χ3n) is 4.12. The van der Waals surface area contributed by atoms with Crippen LogP contribution in [0.3, 0.4) is 0 Å². The van der Waals surface area contributed by atoms with Gasteiger partial charge in [0.1, 0.15) is 11.9 Å². The Hall–Kier alpha value is -2.94. The van der Waals surface area contributed by atoms with Crippen LogP contribution in [0.1, 0.15) is 30.6 Å². The van der Waals surface area contributed by atoms with E-state index in [-0.39, 0.29) is 22.8 Å². The molecule has 0 aliphatic rings. The average molecular weight is 421 g/mol. The van der Waals surface area contributed by atoms with Crippen molar-refractivity contribution >= 4 is 33.2 Å². The number of amides is 2. The molecule has 0 radical (unpaired) electrons. The zero-order valence-electron chi connectivity index (χ0n) is 16.5. The summed E-state index contributed by atoms with van der Waals surface area (Å²) in [5.74, 6) is -1.63. The molecule has 29 heavy (non-hydrogen) atoms. The van der Waals surface area contributed by atoms with Gasteiger partial charge < -0.3 is 10.6 Å². The van der Waals surface area contributed by atoms with Crippen LogP contribution in [0.2, 0.25) is 0 Å². The molecular weight excluding hydrogens is 397 g/mol. The molecule has 0 aliphatic heterocycles. The van der Waals surface area contributed by atoms with Gasteiger partial charge in [-0.05, 0) is 43.7 Å². The van der Waals surface area contributed by atoms with Gasteiger partial charge >= 0.3 is 0 Å². The molecule has 0 unspecified atom stereocenters. The van der Waals surface area contributed by atoms with Crippen LogP contribution in [0.15, 0.2) is 48.5 Å². The molecule has 0 spiro atoms. The molecule has 0 saturated heterocycles. The number of nitrogens with zero attached hydrogens (tertiary/aromatic N) is 1. The summed E-state index contributed by atoms with van der Waals surface area (Å²) in [6, 6.07) is 10.2. The van der Waals surface area contributed by atoms with Crippen molar-refractivity contribution in [3.8, 4) is 0 Å². The van der Waals surface area contributed by atoms with Gasteiger partial charge in [0, 0.05) is 6.54 Å². The minimum atomic E-state index is -3.88. The van der Waals surface area contributed by atoms with E-state index in [1.165, 1.54) is 25.1 Å². The Bertz CT molecular complexity index is 995. The first kappa shape index (κ1) is 22.4. The highest BCUT2D eigenvalue weighted by molar-refractivity contribution is 7.92. The van der Waals surface area contributed by atoms with Crippen LogP contribution in [-0.2, 0) is 14.8 Å². The van der Waals surface area contributed by atoms with Crippen LogP contribution in [0, 0.1) is 5.82 Å². The van der Waals surface area contributed by atoms with E-state index < -0.39 is 27.8 Å². The zero-order valence-corrected chi connectivity index (χ0v) is 17.3. The number of hydrogen-bond acceptors (Lipinski definition) is 4. The predicted molar refractivity (Wildman–Crippen MR) is 111 cm³/mol. The lowest BCUT2D eigenvalue weighted by Gasteiger charge is -2.28. The number of sulfonamides is 1. The first-order chi connectivity index (χ1) is 13.6. The summed E-state index contributed by atoms with van der Waals surface area (Å²) in [6.07, 6.45) is 1.70. The SMILES string of the molecule is CCCNC(=O)c1ccccc1NC(=O)[C@H](C)N(c1cccc(F)c1)S(C)(=O)=O. The van der Waals surface area contributed by atoms with Gasteiger partial charge in [0.2, 0.25) is 15.9 Å². The van der Waals surface area contributed by atoms with Gasteiger partial charge in [0.25, 0.3) is 5.91 Å². The van der Waals surface area contributed by atoms with Gasteiger partial charge in [-0.1, -0.05) is 25.1 Å². The second-order valence-electron chi connectivity index (χ2n) is 6.51. The van der Waals surface area contributed by atoms with Crippen molar-refractivity contribution in [2.45, 2.75) is 26.3 Å².